The van der Waals surface area contributed by atoms with Crippen LogP contribution in [0.1, 0.15) is 64.6 Å². The first-order valence-electron chi connectivity index (χ1n) is 11.9. The van der Waals surface area contributed by atoms with Gasteiger partial charge in [-0.15, -0.1) is 0 Å². The SMILES string of the molecule is CCCCCCNC(=O)c1cccc(N2C(=O)Cc3c(C(N)=O)nc(-c4ccc(C)cc4)nc32)c1. The minimum Gasteiger partial charge on any atom is -0.364 e. The van der Waals surface area contributed by atoms with E-state index >= 15 is 0 Å². The Morgan fingerprint density at radius 1 is 1.06 bits per heavy atom. The summed E-state index contributed by atoms with van der Waals surface area (Å²) in [6, 6.07) is 14.4. The second-order valence-corrected chi connectivity index (χ2v) is 8.70. The average Bonchev–Trinajstić information content (AvgIpc) is 3.19. The molecule has 8 heteroatoms. The van der Waals surface area contributed by atoms with Crippen molar-refractivity contribution in [3.63, 3.8) is 0 Å². The topological polar surface area (TPSA) is 118 Å². The molecule has 1 aliphatic rings. The summed E-state index contributed by atoms with van der Waals surface area (Å²) in [7, 11) is 0. The molecule has 0 bridgehead atoms. The monoisotopic (exact) mass is 471 g/mol. The first-order valence-corrected chi connectivity index (χ1v) is 11.9. The molecule has 0 radical (unpaired) electrons. The standard InChI is InChI=1S/C27H29N5O3/c1-3-4-5-6-14-29-27(35)19-8-7-9-20(15-19)32-22(33)16-21-23(24(28)34)30-25(31-26(21)32)18-12-10-17(2)11-13-18/h7-13,15H,3-6,14,16H2,1-2H3,(H2,28,34)(H,29,35). The van der Waals surface area contributed by atoms with E-state index in [1.165, 1.54) is 4.90 Å². The van der Waals surface area contributed by atoms with Crippen LogP contribution in [-0.2, 0) is 11.2 Å². The van der Waals surface area contributed by atoms with E-state index in [1.54, 1.807) is 24.3 Å². The summed E-state index contributed by atoms with van der Waals surface area (Å²) < 4.78 is 0. The second-order valence-electron chi connectivity index (χ2n) is 8.70. The highest BCUT2D eigenvalue weighted by atomic mass is 16.2. The largest absolute Gasteiger partial charge is 0.364 e. The van der Waals surface area contributed by atoms with Gasteiger partial charge in [0.2, 0.25) is 5.91 Å². The molecule has 0 saturated carbocycles. The zero-order chi connectivity index (χ0) is 24.9. The number of anilines is 2. The number of nitrogens with one attached hydrogen (secondary N) is 1. The molecule has 0 fully saturated rings. The lowest BCUT2D eigenvalue weighted by Gasteiger charge is -2.18. The number of carbonyl (C=O) groups excluding carboxylic acids is 3. The number of carbonyl (C=O) groups is 3. The normalized spacial score (nSPS) is 12.5. The van der Waals surface area contributed by atoms with Crippen molar-refractivity contribution in [3.8, 4) is 11.4 Å². The van der Waals surface area contributed by atoms with E-state index in [1.807, 2.05) is 31.2 Å². The predicted octanol–water partition coefficient (Wildman–Crippen LogP) is 4.08. The molecular weight excluding hydrogens is 442 g/mol. The van der Waals surface area contributed by atoms with E-state index in [9.17, 15) is 14.4 Å². The number of nitrogens with zero attached hydrogens (tertiary/aromatic N) is 3. The maximum Gasteiger partial charge on any atom is 0.267 e. The van der Waals surface area contributed by atoms with Gasteiger partial charge in [-0.1, -0.05) is 62.1 Å². The number of nitrogens with two attached hydrogens (primary N) is 1. The van der Waals surface area contributed by atoms with Gasteiger partial charge < -0.3 is 11.1 Å². The van der Waals surface area contributed by atoms with Gasteiger partial charge in [0, 0.05) is 23.2 Å². The summed E-state index contributed by atoms with van der Waals surface area (Å²) in [6.45, 7) is 4.71. The molecule has 2 aromatic carbocycles. The number of unbranched alkanes of at least 4 members (excludes halogenated alkanes) is 3. The molecule has 4 rings (SSSR count). The number of hydrogen-bond donors (Lipinski definition) is 2. The molecule has 0 unspecified atom stereocenters. The smallest absolute Gasteiger partial charge is 0.267 e. The fourth-order valence-electron chi connectivity index (χ4n) is 4.11. The number of rotatable bonds is 9. The number of aryl methyl sites for hydroxylation is 1. The summed E-state index contributed by atoms with van der Waals surface area (Å²) in [5, 5.41) is 2.94. The zero-order valence-corrected chi connectivity index (χ0v) is 20.0. The Bertz CT molecular complexity index is 1270. The van der Waals surface area contributed by atoms with Crippen molar-refractivity contribution in [2.75, 3.05) is 11.4 Å². The summed E-state index contributed by atoms with van der Waals surface area (Å²) in [5.41, 5.74) is 8.76. The molecule has 3 amide bonds. The predicted molar refractivity (Wildman–Crippen MR) is 134 cm³/mol. The molecule has 0 saturated heterocycles. The van der Waals surface area contributed by atoms with Crippen LogP contribution in [0.4, 0.5) is 11.5 Å². The van der Waals surface area contributed by atoms with Crippen molar-refractivity contribution in [2.24, 2.45) is 5.73 Å². The van der Waals surface area contributed by atoms with Crippen LogP contribution in [0.5, 0.6) is 0 Å². The third-order valence-corrected chi connectivity index (χ3v) is 6.00. The molecule has 0 aliphatic carbocycles. The molecule has 35 heavy (non-hydrogen) atoms. The molecule has 1 aliphatic heterocycles. The molecule has 1 aromatic heterocycles. The molecule has 0 spiro atoms. The lowest BCUT2D eigenvalue weighted by atomic mass is 10.1. The quantitative estimate of drug-likeness (QED) is 0.456. The third-order valence-electron chi connectivity index (χ3n) is 6.00. The third kappa shape index (κ3) is 5.21. The maximum atomic E-state index is 13.1. The van der Waals surface area contributed by atoms with E-state index in [0.29, 0.717) is 40.6 Å². The van der Waals surface area contributed by atoms with E-state index in [2.05, 4.69) is 22.2 Å². The van der Waals surface area contributed by atoms with Crippen LogP contribution < -0.4 is 16.0 Å². The van der Waals surface area contributed by atoms with E-state index in [0.717, 1.165) is 31.2 Å². The van der Waals surface area contributed by atoms with Crippen molar-refractivity contribution in [2.45, 2.75) is 46.0 Å². The first kappa shape index (κ1) is 24.1. The fourth-order valence-corrected chi connectivity index (χ4v) is 4.11. The van der Waals surface area contributed by atoms with Crippen molar-refractivity contribution < 1.29 is 14.4 Å². The van der Waals surface area contributed by atoms with Crippen LogP contribution in [0, 0.1) is 6.92 Å². The lowest BCUT2D eigenvalue weighted by Crippen LogP contribution is -2.25. The molecule has 3 aromatic rings. The second kappa shape index (κ2) is 10.5. The average molecular weight is 472 g/mol. The van der Waals surface area contributed by atoms with Crippen molar-refractivity contribution in [1.82, 2.24) is 15.3 Å². The van der Waals surface area contributed by atoms with Gasteiger partial charge >= 0.3 is 0 Å². The van der Waals surface area contributed by atoms with Crippen molar-refractivity contribution in [3.05, 3.63) is 70.9 Å². The lowest BCUT2D eigenvalue weighted by molar-refractivity contribution is -0.116. The summed E-state index contributed by atoms with van der Waals surface area (Å²) in [6.07, 6.45) is 4.22. The van der Waals surface area contributed by atoms with Gasteiger partial charge in [0.25, 0.3) is 11.8 Å². The molecule has 2 heterocycles. The number of amides is 3. The molecule has 3 N–H and O–H groups in total. The molecule has 180 valence electrons. The van der Waals surface area contributed by atoms with Crippen molar-refractivity contribution in [1.29, 1.82) is 0 Å². The highest BCUT2D eigenvalue weighted by molar-refractivity contribution is 6.10. The Balaban J connectivity index is 1.67. The minimum atomic E-state index is -0.720. The Labute approximate surface area is 204 Å². The summed E-state index contributed by atoms with van der Waals surface area (Å²) in [4.78, 5) is 48.4. The number of aromatic nitrogens is 2. The molecule has 8 nitrogen and oxygen atoms in total. The van der Waals surface area contributed by atoms with Gasteiger partial charge in [0.05, 0.1) is 12.1 Å². The van der Waals surface area contributed by atoms with Crippen LogP contribution in [0.25, 0.3) is 11.4 Å². The summed E-state index contributed by atoms with van der Waals surface area (Å²) >= 11 is 0. The van der Waals surface area contributed by atoms with Gasteiger partial charge in [-0.05, 0) is 31.5 Å². The summed E-state index contributed by atoms with van der Waals surface area (Å²) in [5.74, 6) is -0.571. The van der Waals surface area contributed by atoms with Crippen molar-refractivity contribution >= 4 is 29.2 Å². The fraction of sp³-hybridized carbons (Fsp3) is 0.296. The maximum absolute atomic E-state index is 13.1. The van der Waals surface area contributed by atoms with E-state index in [4.69, 9.17) is 5.73 Å². The Kier molecular flexibility index (Phi) is 7.19. The first-order chi connectivity index (χ1) is 16.9. The van der Waals surface area contributed by atoms with E-state index in [-0.39, 0.29) is 23.9 Å². The van der Waals surface area contributed by atoms with Gasteiger partial charge in [0.1, 0.15) is 11.5 Å². The van der Waals surface area contributed by atoms with Gasteiger partial charge in [0.15, 0.2) is 5.82 Å². The number of benzene rings is 2. The highest BCUT2D eigenvalue weighted by Gasteiger charge is 2.35. The van der Waals surface area contributed by atoms with Crippen LogP contribution in [0.15, 0.2) is 48.5 Å². The Hall–Kier alpha value is -4.07. The van der Waals surface area contributed by atoms with Gasteiger partial charge in [-0.2, -0.15) is 0 Å². The highest BCUT2D eigenvalue weighted by Crippen LogP contribution is 2.37. The van der Waals surface area contributed by atoms with E-state index < -0.39 is 5.91 Å². The molecular formula is C27H29N5O3. The number of primary amides is 1. The Morgan fingerprint density at radius 3 is 2.54 bits per heavy atom. The van der Waals surface area contributed by atoms with Crippen LogP contribution >= 0.6 is 0 Å². The Morgan fingerprint density at radius 2 is 1.83 bits per heavy atom. The van der Waals surface area contributed by atoms with Crippen LogP contribution in [-0.4, -0.2) is 34.2 Å². The van der Waals surface area contributed by atoms with Gasteiger partial charge in [-0.25, -0.2) is 9.97 Å². The molecule has 0 atom stereocenters. The number of hydrogen-bond acceptors (Lipinski definition) is 5. The van der Waals surface area contributed by atoms with Crippen LogP contribution in [0.3, 0.4) is 0 Å². The zero-order valence-electron chi connectivity index (χ0n) is 20.0. The van der Waals surface area contributed by atoms with Crippen LogP contribution in [0.2, 0.25) is 0 Å². The van der Waals surface area contributed by atoms with Gasteiger partial charge in [-0.3, -0.25) is 19.3 Å². The minimum absolute atomic E-state index is 0.0300. The number of fused-ring (bicyclic) bond motifs is 1.